The summed E-state index contributed by atoms with van der Waals surface area (Å²) in [5.74, 6) is -0.715. The van der Waals surface area contributed by atoms with E-state index in [4.69, 9.17) is 5.11 Å². The van der Waals surface area contributed by atoms with Crippen LogP contribution in [0.3, 0.4) is 0 Å². The number of hydrogen-bond acceptors (Lipinski definition) is 3. The van der Waals surface area contributed by atoms with Crippen LogP contribution in [0, 0.1) is 20.8 Å². The quantitative estimate of drug-likeness (QED) is 0.820. The van der Waals surface area contributed by atoms with Crippen LogP contribution in [0.25, 0.3) is 0 Å². The van der Waals surface area contributed by atoms with Gasteiger partial charge in [0.15, 0.2) is 5.78 Å². The Labute approximate surface area is 132 Å². The van der Waals surface area contributed by atoms with Gasteiger partial charge in [0.2, 0.25) is 0 Å². The molecule has 0 aliphatic heterocycles. The van der Waals surface area contributed by atoms with Crippen LogP contribution in [0.15, 0.2) is 6.07 Å². The van der Waals surface area contributed by atoms with E-state index >= 15 is 0 Å². The first-order chi connectivity index (χ1) is 9.23. The third-order valence-electron chi connectivity index (χ3n) is 3.62. The fourth-order valence-electron chi connectivity index (χ4n) is 2.65. The summed E-state index contributed by atoms with van der Waals surface area (Å²) in [6.07, 6.45) is 0.125. The van der Waals surface area contributed by atoms with Gasteiger partial charge in [0.1, 0.15) is 0 Å². The van der Waals surface area contributed by atoms with Gasteiger partial charge in [-0.05, 0) is 57.0 Å². The fourth-order valence-corrected chi connectivity index (χ4v) is 2.65. The highest BCUT2D eigenvalue weighted by atomic mass is 35.5. The van der Waals surface area contributed by atoms with E-state index in [1.54, 1.807) is 6.92 Å². The van der Waals surface area contributed by atoms with E-state index in [2.05, 4.69) is 0 Å². The Bertz CT molecular complexity index is 541. The number of aryl methyl sites for hydroxylation is 2. The average molecular weight is 314 g/mol. The van der Waals surface area contributed by atoms with Crippen molar-refractivity contribution in [2.45, 2.75) is 40.7 Å². The number of ketones is 1. The van der Waals surface area contributed by atoms with Gasteiger partial charge in [0.05, 0.1) is 6.42 Å². The van der Waals surface area contributed by atoms with Gasteiger partial charge in [-0.15, -0.1) is 12.4 Å². The van der Waals surface area contributed by atoms with E-state index in [0.717, 1.165) is 27.8 Å². The number of carboxylic acids is 1. The molecule has 21 heavy (non-hydrogen) atoms. The zero-order valence-electron chi connectivity index (χ0n) is 13.3. The predicted octanol–water partition coefficient (Wildman–Crippen LogP) is 3.14. The molecule has 0 aromatic heterocycles. The number of halogens is 1. The molecular formula is C16H24ClNO3. The standard InChI is InChI=1S/C16H23NO3.ClH/c1-10-8-11(2)16(13(4)18)12(3)14(10)9-17(5)7-6-15(19)20;/h8H,6-7,9H2,1-5H3,(H,19,20);1H. The van der Waals surface area contributed by atoms with Crippen LogP contribution in [0.4, 0.5) is 0 Å². The Morgan fingerprint density at radius 3 is 2.24 bits per heavy atom. The molecule has 4 nitrogen and oxygen atoms in total. The minimum atomic E-state index is -0.793. The lowest BCUT2D eigenvalue weighted by atomic mass is 9.91. The molecule has 0 amide bonds. The maximum Gasteiger partial charge on any atom is 0.304 e. The first kappa shape index (κ1) is 19.6. The summed E-state index contributed by atoms with van der Waals surface area (Å²) in [6, 6.07) is 2.03. The van der Waals surface area contributed by atoms with Gasteiger partial charge < -0.3 is 10.0 Å². The Balaban J connectivity index is 0.00000400. The molecular weight excluding hydrogens is 290 g/mol. The lowest BCUT2D eigenvalue weighted by Gasteiger charge is -2.21. The lowest BCUT2D eigenvalue weighted by molar-refractivity contribution is -0.137. The van der Waals surface area contributed by atoms with Gasteiger partial charge >= 0.3 is 5.97 Å². The monoisotopic (exact) mass is 313 g/mol. The van der Waals surface area contributed by atoms with Crippen LogP contribution >= 0.6 is 12.4 Å². The molecule has 0 saturated heterocycles. The van der Waals surface area contributed by atoms with Crippen molar-refractivity contribution in [3.05, 3.63) is 33.9 Å². The highest BCUT2D eigenvalue weighted by Crippen LogP contribution is 2.24. The number of rotatable bonds is 6. The molecule has 0 aliphatic rings. The van der Waals surface area contributed by atoms with E-state index < -0.39 is 5.97 Å². The molecule has 1 rings (SSSR count). The molecule has 0 atom stereocenters. The van der Waals surface area contributed by atoms with Gasteiger partial charge in [0.25, 0.3) is 0 Å². The second kappa shape index (κ2) is 8.15. The molecule has 0 heterocycles. The number of Topliss-reactive ketones (excluding diaryl/α,β-unsaturated/α-hetero) is 1. The van der Waals surface area contributed by atoms with Crippen LogP contribution in [0.2, 0.25) is 0 Å². The largest absolute Gasteiger partial charge is 0.481 e. The lowest BCUT2D eigenvalue weighted by Crippen LogP contribution is -2.23. The number of aliphatic carboxylic acids is 1. The van der Waals surface area contributed by atoms with E-state index in [1.165, 1.54) is 0 Å². The number of carboxylic acid groups (broad SMARTS) is 1. The number of hydrogen-bond donors (Lipinski definition) is 1. The predicted molar refractivity (Wildman–Crippen MR) is 86.5 cm³/mol. The van der Waals surface area contributed by atoms with Crippen LogP contribution in [-0.2, 0) is 11.3 Å². The van der Waals surface area contributed by atoms with Crippen molar-refractivity contribution in [3.8, 4) is 0 Å². The van der Waals surface area contributed by atoms with Crippen LogP contribution in [0.1, 0.15) is 46.0 Å². The van der Waals surface area contributed by atoms with E-state index in [1.807, 2.05) is 38.8 Å². The SMILES string of the molecule is CC(=O)c1c(C)cc(C)c(CN(C)CCC(=O)O)c1C.Cl. The third kappa shape index (κ3) is 5.14. The Kier molecular flexibility index (Phi) is 7.61. The van der Waals surface area contributed by atoms with Crippen LogP contribution < -0.4 is 0 Å². The molecule has 1 aromatic carbocycles. The molecule has 0 bridgehead atoms. The molecule has 0 fully saturated rings. The second-order valence-corrected chi connectivity index (χ2v) is 5.43. The fraction of sp³-hybridized carbons (Fsp3) is 0.500. The van der Waals surface area contributed by atoms with Gasteiger partial charge in [-0.1, -0.05) is 6.07 Å². The van der Waals surface area contributed by atoms with Gasteiger partial charge in [0, 0.05) is 18.7 Å². The topological polar surface area (TPSA) is 57.6 Å². The zero-order valence-corrected chi connectivity index (χ0v) is 14.1. The Morgan fingerprint density at radius 1 is 1.19 bits per heavy atom. The van der Waals surface area contributed by atoms with Gasteiger partial charge in [-0.25, -0.2) is 0 Å². The summed E-state index contributed by atoms with van der Waals surface area (Å²) in [4.78, 5) is 24.3. The first-order valence-electron chi connectivity index (χ1n) is 6.75. The normalized spacial score (nSPS) is 10.4. The zero-order chi connectivity index (χ0) is 15.4. The highest BCUT2D eigenvalue weighted by molar-refractivity contribution is 5.97. The minimum Gasteiger partial charge on any atom is -0.481 e. The molecule has 1 aromatic rings. The van der Waals surface area contributed by atoms with E-state index in [0.29, 0.717) is 13.1 Å². The van der Waals surface area contributed by atoms with Gasteiger partial charge in [-0.3, -0.25) is 9.59 Å². The molecule has 0 unspecified atom stereocenters. The number of nitrogens with zero attached hydrogens (tertiary/aromatic N) is 1. The molecule has 5 heteroatoms. The maximum atomic E-state index is 11.8. The van der Waals surface area contributed by atoms with Crippen LogP contribution in [0.5, 0.6) is 0 Å². The summed E-state index contributed by atoms with van der Waals surface area (Å²) in [5.41, 5.74) is 5.07. The number of carbonyl (C=O) groups is 2. The summed E-state index contributed by atoms with van der Waals surface area (Å²) in [5, 5.41) is 8.72. The molecule has 0 saturated carbocycles. The van der Waals surface area contributed by atoms with Crippen molar-refractivity contribution in [1.82, 2.24) is 4.90 Å². The summed E-state index contributed by atoms with van der Waals surface area (Å²) in [7, 11) is 1.90. The average Bonchev–Trinajstić information content (AvgIpc) is 2.31. The molecule has 0 aliphatic carbocycles. The number of benzene rings is 1. The van der Waals surface area contributed by atoms with E-state index in [9.17, 15) is 9.59 Å². The number of carbonyl (C=O) groups excluding carboxylic acids is 1. The van der Waals surface area contributed by atoms with Crippen molar-refractivity contribution in [2.75, 3.05) is 13.6 Å². The first-order valence-corrected chi connectivity index (χ1v) is 6.75. The van der Waals surface area contributed by atoms with Crippen molar-refractivity contribution >= 4 is 24.2 Å². The smallest absolute Gasteiger partial charge is 0.304 e. The molecule has 118 valence electrons. The van der Waals surface area contributed by atoms with Crippen molar-refractivity contribution < 1.29 is 14.7 Å². The second-order valence-electron chi connectivity index (χ2n) is 5.43. The summed E-state index contributed by atoms with van der Waals surface area (Å²) in [6.45, 7) is 8.70. The third-order valence-corrected chi connectivity index (χ3v) is 3.62. The van der Waals surface area contributed by atoms with Gasteiger partial charge in [-0.2, -0.15) is 0 Å². The Hall–Kier alpha value is -1.39. The van der Waals surface area contributed by atoms with E-state index in [-0.39, 0.29) is 24.6 Å². The molecule has 0 radical (unpaired) electrons. The van der Waals surface area contributed by atoms with Crippen molar-refractivity contribution in [3.63, 3.8) is 0 Å². The summed E-state index contributed by atoms with van der Waals surface area (Å²) < 4.78 is 0. The molecule has 0 spiro atoms. The van der Waals surface area contributed by atoms with Crippen molar-refractivity contribution in [1.29, 1.82) is 0 Å². The highest BCUT2D eigenvalue weighted by Gasteiger charge is 2.15. The summed E-state index contributed by atoms with van der Waals surface area (Å²) >= 11 is 0. The molecule has 1 N–H and O–H groups in total. The maximum absolute atomic E-state index is 11.8. The van der Waals surface area contributed by atoms with Crippen molar-refractivity contribution in [2.24, 2.45) is 0 Å². The minimum absolute atomic E-state index is 0. The Morgan fingerprint density at radius 2 is 1.76 bits per heavy atom. The van der Waals surface area contributed by atoms with Crippen LogP contribution in [-0.4, -0.2) is 35.4 Å².